The first-order chi connectivity index (χ1) is 12.5. The van der Waals surface area contributed by atoms with Gasteiger partial charge < -0.3 is 9.64 Å². The zero-order valence-electron chi connectivity index (χ0n) is 15.6. The molecule has 0 unspecified atom stereocenters. The number of para-hydroxylation sites is 1. The van der Waals surface area contributed by atoms with Crippen LogP contribution in [0, 0.1) is 5.92 Å². The molecule has 1 atom stereocenters. The average molecular weight is 369 g/mol. The minimum atomic E-state index is -0.0971. The van der Waals surface area contributed by atoms with Crippen molar-refractivity contribution in [2.24, 2.45) is 5.92 Å². The van der Waals surface area contributed by atoms with Gasteiger partial charge in [0.1, 0.15) is 10.8 Å². The van der Waals surface area contributed by atoms with Gasteiger partial charge in [-0.05, 0) is 43.2 Å². The number of hydrogen-bond donors (Lipinski definition) is 0. The molecule has 4 nitrogen and oxygen atoms in total. The van der Waals surface area contributed by atoms with E-state index in [1.165, 1.54) is 0 Å². The maximum absolute atomic E-state index is 12.9. The molecule has 2 aromatic carbocycles. The van der Waals surface area contributed by atoms with Gasteiger partial charge in [0, 0.05) is 12.6 Å². The van der Waals surface area contributed by atoms with Crippen molar-refractivity contribution < 1.29 is 9.53 Å². The van der Waals surface area contributed by atoms with Gasteiger partial charge in [-0.25, -0.2) is 4.98 Å². The van der Waals surface area contributed by atoms with Crippen LogP contribution in [0.2, 0.25) is 0 Å². The number of fused-ring (bicyclic) bond motifs is 1. The Morgan fingerprint density at radius 2 is 1.92 bits per heavy atom. The van der Waals surface area contributed by atoms with Crippen LogP contribution in [0.4, 0.5) is 0 Å². The normalized spacial score (nSPS) is 12.3. The number of carbonyl (C=O) groups is 1. The zero-order valence-corrected chi connectivity index (χ0v) is 16.4. The van der Waals surface area contributed by atoms with Gasteiger partial charge in [-0.2, -0.15) is 0 Å². The number of hydrogen-bond acceptors (Lipinski definition) is 4. The number of aromatic nitrogens is 1. The molecule has 3 aromatic rings. The summed E-state index contributed by atoms with van der Waals surface area (Å²) in [5.41, 5.74) is 1.60. The minimum Gasteiger partial charge on any atom is -0.493 e. The number of thiazole rings is 1. The quantitative estimate of drug-likeness (QED) is 0.603. The molecular weight excluding hydrogens is 344 g/mol. The van der Waals surface area contributed by atoms with Crippen molar-refractivity contribution in [3.63, 3.8) is 0 Å². The van der Waals surface area contributed by atoms with Gasteiger partial charge in [-0.1, -0.05) is 32.0 Å². The van der Waals surface area contributed by atoms with Gasteiger partial charge in [-0.15, -0.1) is 11.3 Å². The Kier molecular flexibility index (Phi) is 5.57. The molecule has 136 valence electrons. The summed E-state index contributed by atoms with van der Waals surface area (Å²) in [6, 6.07) is 15.3. The fraction of sp³-hybridized carbons (Fsp3) is 0.333. The second-order valence-electron chi connectivity index (χ2n) is 6.84. The number of ether oxygens (including phenoxy) is 1. The maximum Gasteiger partial charge on any atom is 0.254 e. The summed E-state index contributed by atoms with van der Waals surface area (Å²) in [6.07, 6.45) is 0. The highest BCUT2D eigenvalue weighted by Crippen LogP contribution is 2.29. The Morgan fingerprint density at radius 3 is 2.65 bits per heavy atom. The molecule has 0 radical (unpaired) electrons. The molecule has 0 aliphatic rings. The number of nitrogens with zero attached hydrogens (tertiary/aromatic N) is 2. The van der Waals surface area contributed by atoms with E-state index in [1.807, 2.05) is 56.4 Å². The molecule has 0 aliphatic carbocycles. The molecule has 0 saturated carbocycles. The standard InChI is InChI=1S/C21H24N2O2S/c1-14(2)13-25-17-9-7-8-16(12-17)21(24)23(4)15(3)20-22-18-10-5-6-11-19(18)26-20/h5-12,14-15H,13H2,1-4H3/t15-/m1/s1. The second kappa shape index (κ2) is 7.87. The van der Waals surface area contributed by atoms with Crippen LogP contribution in [0.1, 0.15) is 42.2 Å². The van der Waals surface area contributed by atoms with Crippen LogP contribution in [-0.2, 0) is 0 Å². The fourth-order valence-corrected chi connectivity index (χ4v) is 3.66. The molecule has 0 fully saturated rings. The molecule has 1 aromatic heterocycles. The SMILES string of the molecule is CC(C)COc1cccc(C(=O)N(C)[C@H](C)c2nc3ccccc3s2)c1. The number of carbonyl (C=O) groups excluding carboxylic acids is 1. The Labute approximate surface area is 158 Å². The summed E-state index contributed by atoms with van der Waals surface area (Å²) < 4.78 is 6.88. The summed E-state index contributed by atoms with van der Waals surface area (Å²) in [7, 11) is 1.82. The van der Waals surface area contributed by atoms with Crippen molar-refractivity contribution in [1.82, 2.24) is 9.88 Å². The van der Waals surface area contributed by atoms with E-state index in [0.717, 1.165) is 21.0 Å². The van der Waals surface area contributed by atoms with E-state index in [-0.39, 0.29) is 11.9 Å². The predicted octanol–water partition coefficient (Wildman–Crippen LogP) is 5.16. The number of amides is 1. The van der Waals surface area contributed by atoms with E-state index < -0.39 is 0 Å². The van der Waals surface area contributed by atoms with Crippen LogP contribution in [0.15, 0.2) is 48.5 Å². The molecule has 0 bridgehead atoms. The highest BCUT2D eigenvalue weighted by molar-refractivity contribution is 7.18. The van der Waals surface area contributed by atoms with Crippen molar-refractivity contribution in [2.45, 2.75) is 26.8 Å². The van der Waals surface area contributed by atoms with Crippen LogP contribution in [0.3, 0.4) is 0 Å². The third kappa shape index (κ3) is 4.05. The molecule has 1 heterocycles. The number of rotatable bonds is 6. The van der Waals surface area contributed by atoms with Crippen LogP contribution >= 0.6 is 11.3 Å². The summed E-state index contributed by atoms with van der Waals surface area (Å²) in [5, 5.41) is 0.939. The van der Waals surface area contributed by atoms with E-state index >= 15 is 0 Å². The lowest BCUT2D eigenvalue weighted by molar-refractivity contribution is 0.0742. The molecule has 0 aliphatic heterocycles. The van der Waals surface area contributed by atoms with Crippen LogP contribution in [0.25, 0.3) is 10.2 Å². The molecule has 3 rings (SSSR count). The summed E-state index contributed by atoms with van der Waals surface area (Å²) in [4.78, 5) is 19.3. The third-order valence-electron chi connectivity index (χ3n) is 4.23. The summed E-state index contributed by atoms with van der Waals surface area (Å²) in [6.45, 7) is 6.84. The molecular formula is C21H24N2O2S. The number of benzene rings is 2. The van der Waals surface area contributed by atoms with Crippen molar-refractivity contribution in [3.05, 3.63) is 59.1 Å². The van der Waals surface area contributed by atoms with Crippen LogP contribution in [-0.4, -0.2) is 29.4 Å². The maximum atomic E-state index is 12.9. The lowest BCUT2D eigenvalue weighted by Crippen LogP contribution is -2.29. The van der Waals surface area contributed by atoms with E-state index in [2.05, 4.69) is 24.9 Å². The van der Waals surface area contributed by atoms with Gasteiger partial charge in [0.25, 0.3) is 5.91 Å². The zero-order chi connectivity index (χ0) is 18.7. The Bertz CT molecular complexity index is 871. The Morgan fingerprint density at radius 1 is 1.15 bits per heavy atom. The second-order valence-corrected chi connectivity index (χ2v) is 7.91. The highest BCUT2D eigenvalue weighted by atomic mass is 32.1. The first-order valence-electron chi connectivity index (χ1n) is 8.81. The fourth-order valence-electron chi connectivity index (χ4n) is 2.60. The van der Waals surface area contributed by atoms with Crippen LogP contribution < -0.4 is 4.74 Å². The minimum absolute atomic E-state index is 0.0354. The van der Waals surface area contributed by atoms with E-state index in [1.54, 1.807) is 16.2 Å². The predicted molar refractivity (Wildman–Crippen MR) is 107 cm³/mol. The summed E-state index contributed by atoms with van der Waals surface area (Å²) >= 11 is 1.63. The lowest BCUT2D eigenvalue weighted by atomic mass is 10.1. The summed E-state index contributed by atoms with van der Waals surface area (Å²) in [5.74, 6) is 1.13. The Balaban J connectivity index is 1.77. The largest absolute Gasteiger partial charge is 0.493 e. The first-order valence-corrected chi connectivity index (χ1v) is 9.63. The monoisotopic (exact) mass is 368 g/mol. The van der Waals surface area contributed by atoms with Gasteiger partial charge in [0.15, 0.2) is 0 Å². The Hall–Kier alpha value is -2.40. The van der Waals surface area contributed by atoms with Crippen LogP contribution in [0.5, 0.6) is 5.75 Å². The topological polar surface area (TPSA) is 42.4 Å². The van der Waals surface area contributed by atoms with Gasteiger partial charge in [0.05, 0.1) is 22.9 Å². The lowest BCUT2D eigenvalue weighted by Gasteiger charge is -2.23. The van der Waals surface area contributed by atoms with Crippen molar-refractivity contribution >= 4 is 27.5 Å². The first kappa shape index (κ1) is 18.4. The van der Waals surface area contributed by atoms with Gasteiger partial charge >= 0.3 is 0 Å². The highest BCUT2D eigenvalue weighted by Gasteiger charge is 2.22. The van der Waals surface area contributed by atoms with E-state index in [4.69, 9.17) is 4.74 Å². The van der Waals surface area contributed by atoms with Gasteiger partial charge in [-0.3, -0.25) is 4.79 Å². The molecule has 0 spiro atoms. The van der Waals surface area contributed by atoms with E-state index in [0.29, 0.717) is 18.1 Å². The van der Waals surface area contributed by atoms with Gasteiger partial charge in [0.2, 0.25) is 0 Å². The van der Waals surface area contributed by atoms with Crippen molar-refractivity contribution in [3.8, 4) is 5.75 Å². The molecule has 26 heavy (non-hydrogen) atoms. The molecule has 5 heteroatoms. The van der Waals surface area contributed by atoms with E-state index in [9.17, 15) is 4.79 Å². The average Bonchev–Trinajstić information content (AvgIpc) is 3.09. The molecule has 0 saturated heterocycles. The van der Waals surface area contributed by atoms with Crippen molar-refractivity contribution in [1.29, 1.82) is 0 Å². The smallest absolute Gasteiger partial charge is 0.254 e. The molecule has 0 N–H and O–H groups in total. The third-order valence-corrected chi connectivity index (χ3v) is 5.44. The molecule has 1 amide bonds. The van der Waals surface area contributed by atoms with Crippen molar-refractivity contribution in [2.75, 3.05) is 13.7 Å².